The second kappa shape index (κ2) is 4.90. The molecule has 0 bridgehead atoms. The van der Waals surface area contributed by atoms with Crippen LogP contribution in [0.15, 0.2) is 18.2 Å². The molecule has 1 saturated carbocycles. The number of amides is 1. The van der Waals surface area contributed by atoms with E-state index in [9.17, 15) is 4.79 Å². The van der Waals surface area contributed by atoms with Gasteiger partial charge in [-0.05, 0) is 31.9 Å². The predicted molar refractivity (Wildman–Crippen MR) is 85.8 cm³/mol. The van der Waals surface area contributed by atoms with Crippen molar-refractivity contribution in [1.82, 2.24) is 0 Å². The van der Waals surface area contributed by atoms with Gasteiger partial charge in [0.05, 0.1) is 6.16 Å². The van der Waals surface area contributed by atoms with Crippen LogP contribution in [0, 0.1) is 13.8 Å². The molecule has 3 heteroatoms. The van der Waals surface area contributed by atoms with Gasteiger partial charge in [0.2, 0.25) is 0 Å². The molecule has 0 spiro atoms. The molecule has 0 atom stereocenters. The zero-order chi connectivity index (χ0) is 14.3. The summed E-state index contributed by atoms with van der Waals surface area (Å²) in [7, 11) is -1.15. The molecule has 1 aromatic rings. The molecule has 2 nitrogen and oxygen atoms in total. The molecular formula is C16H25NOP+. The van der Waals surface area contributed by atoms with E-state index in [4.69, 9.17) is 0 Å². The number of aryl methyl sites for hydroxylation is 2. The number of rotatable bonds is 4. The molecule has 19 heavy (non-hydrogen) atoms. The third-order valence-corrected chi connectivity index (χ3v) is 9.36. The van der Waals surface area contributed by atoms with Gasteiger partial charge in [-0.3, -0.25) is 4.79 Å². The number of nitrogens with one attached hydrogen (secondary N) is 1. The minimum Gasteiger partial charge on any atom is -0.322 e. The van der Waals surface area contributed by atoms with Gasteiger partial charge >= 0.3 is 0 Å². The van der Waals surface area contributed by atoms with Crippen molar-refractivity contribution in [3.05, 3.63) is 29.3 Å². The van der Waals surface area contributed by atoms with Crippen molar-refractivity contribution in [2.45, 2.75) is 38.8 Å². The van der Waals surface area contributed by atoms with E-state index < -0.39 is 7.26 Å². The number of carbonyl (C=O) groups excluding carboxylic acids is 1. The molecule has 2 rings (SSSR count). The Balaban J connectivity index is 2.23. The Kier molecular flexibility index (Phi) is 3.75. The molecule has 1 aliphatic carbocycles. The van der Waals surface area contributed by atoms with E-state index in [0.29, 0.717) is 0 Å². The Morgan fingerprint density at radius 1 is 1.26 bits per heavy atom. The fourth-order valence-corrected chi connectivity index (χ4v) is 5.30. The van der Waals surface area contributed by atoms with Crippen LogP contribution in [0.4, 0.5) is 5.69 Å². The second-order valence-electron chi connectivity index (χ2n) is 6.25. The van der Waals surface area contributed by atoms with Gasteiger partial charge in [-0.1, -0.05) is 18.2 Å². The van der Waals surface area contributed by atoms with Crippen molar-refractivity contribution in [2.24, 2.45) is 0 Å². The van der Waals surface area contributed by atoms with Gasteiger partial charge in [0.25, 0.3) is 5.91 Å². The Hall–Kier alpha value is -0.880. The zero-order valence-corrected chi connectivity index (χ0v) is 13.6. The molecule has 0 unspecified atom stereocenters. The minimum atomic E-state index is -1.15. The maximum Gasteiger partial charge on any atom is 0.268 e. The minimum absolute atomic E-state index is 0.0452. The first-order valence-corrected chi connectivity index (χ1v) is 9.92. The quantitative estimate of drug-likeness (QED) is 0.826. The van der Waals surface area contributed by atoms with Gasteiger partial charge < -0.3 is 5.32 Å². The molecule has 1 aromatic carbocycles. The molecule has 1 fully saturated rings. The number of hydrogen-bond donors (Lipinski definition) is 1. The lowest BCUT2D eigenvalue weighted by atomic mass is 10.1. The number of hydrogen-bond acceptors (Lipinski definition) is 1. The SMILES string of the molecule is CC[P+](C)(C)C1(C(=O)Nc2c(C)cccc2C)CC1. The Bertz CT molecular complexity index is 483. The highest BCUT2D eigenvalue weighted by molar-refractivity contribution is 7.77. The molecule has 0 radical (unpaired) electrons. The fraction of sp³-hybridized carbons (Fsp3) is 0.562. The first kappa shape index (κ1) is 14.5. The van der Waals surface area contributed by atoms with Gasteiger partial charge in [-0.25, -0.2) is 0 Å². The molecule has 0 saturated heterocycles. The van der Waals surface area contributed by atoms with Gasteiger partial charge in [-0.15, -0.1) is 0 Å². The van der Waals surface area contributed by atoms with E-state index in [1.165, 1.54) is 0 Å². The second-order valence-corrected chi connectivity index (χ2v) is 11.1. The van der Waals surface area contributed by atoms with Crippen LogP contribution in [-0.2, 0) is 4.79 Å². The molecule has 0 heterocycles. The molecule has 104 valence electrons. The van der Waals surface area contributed by atoms with Gasteiger partial charge in [-0.2, -0.15) is 0 Å². The van der Waals surface area contributed by atoms with Crippen molar-refractivity contribution < 1.29 is 4.79 Å². The summed E-state index contributed by atoms with van der Waals surface area (Å²) in [5, 5.41) is 3.17. The standard InChI is InChI=1S/C16H24NOP/c1-6-19(4,5)16(10-11-16)15(18)17-14-12(2)8-7-9-13(14)3/h7-9H,6,10-11H2,1-5H3/p+1. The first-order chi connectivity index (χ1) is 8.84. The Labute approximate surface area is 117 Å². The number of benzene rings is 1. The van der Waals surface area contributed by atoms with Crippen LogP contribution in [0.2, 0.25) is 0 Å². The van der Waals surface area contributed by atoms with Crippen LogP contribution in [0.25, 0.3) is 0 Å². The Morgan fingerprint density at radius 2 is 1.79 bits per heavy atom. The van der Waals surface area contributed by atoms with Crippen molar-refractivity contribution in [3.63, 3.8) is 0 Å². The Morgan fingerprint density at radius 3 is 2.21 bits per heavy atom. The van der Waals surface area contributed by atoms with Crippen molar-refractivity contribution >= 4 is 18.9 Å². The maximum atomic E-state index is 12.7. The average Bonchev–Trinajstić information content (AvgIpc) is 3.15. The summed E-state index contributed by atoms with van der Waals surface area (Å²) < 4.78 is 0. The van der Waals surface area contributed by atoms with Crippen molar-refractivity contribution in [2.75, 3.05) is 24.8 Å². The monoisotopic (exact) mass is 278 g/mol. The van der Waals surface area contributed by atoms with Crippen molar-refractivity contribution in [3.8, 4) is 0 Å². The molecule has 1 amide bonds. The molecular weight excluding hydrogens is 253 g/mol. The number of anilines is 1. The highest BCUT2D eigenvalue weighted by Gasteiger charge is 2.65. The maximum absolute atomic E-state index is 12.7. The van der Waals surface area contributed by atoms with Crippen LogP contribution >= 0.6 is 7.26 Å². The lowest BCUT2D eigenvalue weighted by Crippen LogP contribution is -2.33. The molecule has 1 aliphatic rings. The highest BCUT2D eigenvalue weighted by atomic mass is 31.2. The third kappa shape index (κ3) is 2.43. The fourth-order valence-electron chi connectivity index (χ4n) is 2.77. The molecule has 0 aromatic heterocycles. The van der Waals surface area contributed by atoms with Crippen molar-refractivity contribution in [1.29, 1.82) is 0 Å². The van der Waals surface area contributed by atoms with E-state index >= 15 is 0 Å². The normalized spacial score (nSPS) is 17.1. The van der Waals surface area contributed by atoms with Crippen LogP contribution < -0.4 is 5.32 Å². The average molecular weight is 278 g/mol. The van der Waals surface area contributed by atoms with Crippen LogP contribution in [0.1, 0.15) is 30.9 Å². The zero-order valence-electron chi connectivity index (χ0n) is 12.7. The van der Waals surface area contributed by atoms with Crippen LogP contribution in [0.3, 0.4) is 0 Å². The first-order valence-electron chi connectivity index (χ1n) is 7.05. The van der Waals surface area contributed by atoms with E-state index in [1.54, 1.807) is 0 Å². The van der Waals surface area contributed by atoms with Crippen LogP contribution in [0.5, 0.6) is 0 Å². The summed E-state index contributed by atoms with van der Waals surface area (Å²) in [4.78, 5) is 12.7. The van der Waals surface area contributed by atoms with E-state index in [1.807, 2.05) is 6.07 Å². The third-order valence-electron chi connectivity index (χ3n) is 4.82. The number of carbonyl (C=O) groups is 1. The molecule has 0 aliphatic heterocycles. The predicted octanol–water partition coefficient (Wildman–Crippen LogP) is 4.07. The van der Waals surface area contributed by atoms with E-state index in [0.717, 1.165) is 35.8 Å². The summed E-state index contributed by atoms with van der Waals surface area (Å²) in [5.74, 6) is 0.255. The van der Waals surface area contributed by atoms with Gasteiger partial charge in [0.1, 0.15) is 0 Å². The molecule has 1 N–H and O–H groups in total. The van der Waals surface area contributed by atoms with Crippen LogP contribution in [-0.4, -0.2) is 30.6 Å². The highest BCUT2D eigenvalue weighted by Crippen LogP contribution is 2.73. The topological polar surface area (TPSA) is 29.1 Å². The summed E-state index contributed by atoms with van der Waals surface area (Å²) in [5.41, 5.74) is 3.31. The van der Waals surface area contributed by atoms with E-state index in [-0.39, 0.29) is 11.1 Å². The summed E-state index contributed by atoms with van der Waals surface area (Å²) >= 11 is 0. The smallest absolute Gasteiger partial charge is 0.268 e. The summed E-state index contributed by atoms with van der Waals surface area (Å²) in [6.07, 6.45) is 3.28. The summed E-state index contributed by atoms with van der Waals surface area (Å²) in [6.45, 7) is 11.0. The van der Waals surface area contributed by atoms with Gasteiger partial charge in [0, 0.05) is 39.1 Å². The summed E-state index contributed by atoms with van der Waals surface area (Å²) in [6, 6.07) is 6.15. The lowest BCUT2D eigenvalue weighted by Gasteiger charge is -2.26. The van der Waals surface area contributed by atoms with E-state index in [2.05, 4.69) is 51.6 Å². The number of para-hydroxylation sites is 1. The lowest BCUT2D eigenvalue weighted by molar-refractivity contribution is -0.116. The van der Waals surface area contributed by atoms with Gasteiger partial charge in [0.15, 0.2) is 5.16 Å². The largest absolute Gasteiger partial charge is 0.322 e.